The number of para-hydroxylation sites is 2. The molecule has 1 N–H and O–H groups in total. The second-order valence-corrected chi connectivity index (χ2v) is 10.2. The van der Waals surface area contributed by atoms with E-state index in [4.69, 9.17) is 0 Å². The highest BCUT2D eigenvalue weighted by atomic mass is 32.3. The number of hydrogen-bond donors (Lipinski definition) is 1. The summed E-state index contributed by atoms with van der Waals surface area (Å²) in [6.07, 6.45) is 0.493. The first-order valence-corrected chi connectivity index (χ1v) is 12.7. The molecule has 0 atom stereocenters. The predicted molar refractivity (Wildman–Crippen MR) is 132 cm³/mol. The SMILES string of the molecule is CCc1ccc(S(=O)(=O)N(SCc2ccc3ccccc3n2)c2ccccc2)cc1C(=O)O. The predicted octanol–water partition coefficient (Wildman–Crippen LogP) is 5.54. The van der Waals surface area contributed by atoms with Crippen molar-refractivity contribution in [1.82, 2.24) is 4.98 Å². The van der Waals surface area contributed by atoms with Gasteiger partial charge in [-0.25, -0.2) is 16.9 Å². The minimum atomic E-state index is -4.04. The molecular weight excluding hydrogens is 456 g/mol. The van der Waals surface area contributed by atoms with Gasteiger partial charge in [0, 0.05) is 5.39 Å². The van der Waals surface area contributed by atoms with E-state index < -0.39 is 16.0 Å². The fraction of sp³-hybridized carbons (Fsp3) is 0.120. The molecule has 168 valence electrons. The summed E-state index contributed by atoms with van der Waals surface area (Å²) < 4.78 is 28.5. The zero-order valence-electron chi connectivity index (χ0n) is 17.9. The molecule has 0 saturated carbocycles. The molecule has 1 heterocycles. The van der Waals surface area contributed by atoms with Crippen molar-refractivity contribution >= 4 is 44.5 Å². The molecule has 0 bridgehead atoms. The summed E-state index contributed by atoms with van der Waals surface area (Å²) in [6, 6.07) is 24.6. The molecule has 0 unspecified atom stereocenters. The standard InChI is InChI=1S/C25H22N2O4S2/c1-2-18-13-15-22(16-23(18)25(28)29)33(30,31)27(21-9-4-3-5-10-21)32-17-20-14-12-19-8-6-7-11-24(19)26-20/h3-16H,2,17H2,1H3,(H,28,29). The van der Waals surface area contributed by atoms with Gasteiger partial charge in [-0.2, -0.15) is 0 Å². The minimum Gasteiger partial charge on any atom is -0.478 e. The molecule has 4 rings (SSSR count). The van der Waals surface area contributed by atoms with E-state index in [1.165, 1.54) is 15.8 Å². The summed E-state index contributed by atoms with van der Waals surface area (Å²) in [7, 11) is -4.04. The third-order valence-corrected chi connectivity index (χ3v) is 8.43. The van der Waals surface area contributed by atoms with Crippen molar-refractivity contribution in [2.24, 2.45) is 0 Å². The van der Waals surface area contributed by atoms with E-state index in [0.29, 0.717) is 23.4 Å². The van der Waals surface area contributed by atoms with Gasteiger partial charge in [-0.1, -0.05) is 55.5 Å². The number of pyridine rings is 1. The van der Waals surface area contributed by atoms with Crippen LogP contribution in [0.25, 0.3) is 10.9 Å². The Morgan fingerprint density at radius 2 is 1.70 bits per heavy atom. The fourth-order valence-corrected chi connectivity index (χ4v) is 6.21. The van der Waals surface area contributed by atoms with Crippen LogP contribution in [0.4, 0.5) is 5.69 Å². The second-order valence-electron chi connectivity index (χ2n) is 7.31. The van der Waals surface area contributed by atoms with Crippen LogP contribution in [0, 0.1) is 0 Å². The van der Waals surface area contributed by atoms with Crippen LogP contribution < -0.4 is 3.71 Å². The van der Waals surface area contributed by atoms with Gasteiger partial charge in [0.2, 0.25) is 0 Å². The fourth-order valence-electron chi connectivity index (χ4n) is 3.46. The quantitative estimate of drug-likeness (QED) is 0.335. The monoisotopic (exact) mass is 478 g/mol. The van der Waals surface area contributed by atoms with Crippen LogP contribution in [0.1, 0.15) is 28.5 Å². The highest BCUT2D eigenvalue weighted by molar-refractivity contribution is 8.14. The van der Waals surface area contributed by atoms with Gasteiger partial charge in [0.1, 0.15) is 0 Å². The van der Waals surface area contributed by atoms with Gasteiger partial charge in [-0.15, -0.1) is 0 Å². The zero-order chi connectivity index (χ0) is 23.4. The lowest BCUT2D eigenvalue weighted by Crippen LogP contribution is -2.25. The molecule has 33 heavy (non-hydrogen) atoms. The molecule has 3 aromatic carbocycles. The Kier molecular flexibility index (Phi) is 6.67. The molecule has 6 nitrogen and oxygen atoms in total. The molecule has 0 aliphatic heterocycles. The van der Waals surface area contributed by atoms with Crippen LogP contribution >= 0.6 is 11.9 Å². The third-order valence-electron chi connectivity index (χ3n) is 5.16. The molecule has 8 heteroatoms. The summed E-state index contributed by atoms with van der Waals surface area (Å²) in [5, 5.41) is 10.6. The topological polar surface area (TPSA) is 87.6 Å². The number of aromatic nitrogens is 1. The van der Waals surface area contributed by atoms with Crippen LogP contribution in [0.2, 0.25) is 0 Å². The van der Waals surface area contributed by atoms with Crippen molar-refractivity contribution in [2.75, 3.05) is 3.71 Å². The van der Waals surface area contributed by atoms with E-state index in [0.717, 1.165) is 28.5 Å². The van der Waals surface area contributed by atoms with Crippen molar-refractivity contribution in [3.8, 4) is 0 Å². The van der Waals surface area contributed by atoms with Crippen molar-refractivity contribution in [2.45, 2.75) is 24.0 Å². The molecule has 0 aliphatic carbocycles. The van der Waals surface area contributed by atoms with E-state index >= 15 is 0 Å². The van der Waals surface area contributed by atoms with Gasteiger partial charge < -0.3 is 5.11 Å². The lowest BCUT2D eigenvalue weighted by molar-refractivity contribution is 0.0695. The summed E-state index contributed by atoms with van der Waals surface area (Å²) in [5.41, 5.74) is 2.63. The largest absolute Gasteiger partial charge is 0.478 e. The summed E-state index contributed by atoms with van der Waals surface area (Å²) >= 11 is 1.10. The van der Waals surface area contributed by atoms with Gasteiger partial charge in [0.15, 0.2) is 0 Å². The van der Waals surface area contributed by atoms with Crippen LogP contribution in [0.5, 0.6) is 0 Å². The van der Waals surface area contributed by atoms with Crippen LogP contribution in [-0.2, 0) is 22.2 Å². The van der Waals surface area contributed by atoms with Gasteiger partial charge >= 0.3 is 5.97 Å². The highest BCUT2D eigenvalue weighted by Gasteiger charge is 2.27. The molecular formula is C25H22N2O4S2. The van der Waals surface area contributed by atoms with E-state index in [9.17, 15) is 18.3 Å². The Balaban J connectivity index is 1.71. The number of anilines is 1. The second kappa shape index (κ2) is 9.64. The lowest BCUT2D eigenvalue weighted by Gasteiger charge is -2.23. The number of benzene rings is 3. The molecule has 0 saturated heterocycles. The number of nitrogens with zero attached hydrogens (tertiary/aromatic N) is 2. The Morgan fingerprint density at radius 1 is 0.970 bits per heavy atom. The molecule has 0 fully saturated rings. The molecule has 0 radical (unpaired) electrons. The summed E-state index contributed by atoms with van der Waals surface area (Å²) in [5.74, 6) is -0.833. The minimum absolute atomic E-state index is 0.00668. The average molecular weight is 479 g/mol. The zero-order valence-corrected chi connectivity index (χ0v) is 19.5. The van der Waals surface area contributed by atoms with Crippen LogP contribution in [-0.4, -0.2) is 24.5 Å². The van der Waals surface area contributed by atoms with E-state index in [-0.39, 0.29) is 10.5 Å². The normalized spacial score (nSPS) is 11.4. The lowest BCUT2D eigenvalue weighted by atomic mass is 10.1. The number of rotatable bonds is 8. The molecule has 0 aliphatic rings. The first-order valence-electron chi connectivity index (χ1n) is 10.3. The number of carboxylic acids is 1. The van der Waals surface area contributed by atoms with Crippen LogP contribution in [0.15, 0.2) is 89.8 Å². The smallest absolute Gasteiger partial charge is 0.336 e. The number of carbonyl (C=O) groups is 1. The van der Waals surface area contributed by atoms with E-state index in [1.54, 1.807) is 30.3 Å². The van der Waals surface area contributed by atoms with E-state index in [2.05, 4.69) is 4.98 Å². The van der Waals surface area contributed by atoms with Crippen LogP contribution in [0.3, 0.4) is 0 Å². The summed E-state index contributed by atoms with van der Waals surface area (Å²) in [4.78, 5) is 16.3. The first kappa shape index (κ1) is 22.8. The Morgan fingerprint density at radius 3 is 2.42 bits per heavy atom. The van der Waals surface area contributed by atoms with Gasteiger partial charge in [-0.05, 0) is 60.3 Å². The first-order chi connectivity index (χ1) is 15.9. The van der Waals surface area contributed by atoms with Gasteiger partial charge in [-0.3, -0.25) is 4.98 Å². The third kappa shape index (κ3) is 4.86. The molecule has 0 spiro atoms. The number of aromatic carboxylic acids is 1. The number of carboxylic acid groups (broad SMARTS) is 1. The number of fused-ring (bicyclic) bond motifs is 1. The molecule has 1 aromatic heterocycles. The average Bonchev–Trinajstić information content (AvgIpc) is 2.84. The summed E-state index contributed by atoms with van der Waals surface area (Å²) in [6.45, 7) is 1.83. The van der Waals surface area contributed by atoms with E-state index in [1.807, 2.05) is 49.4 Å². The Hall–Kier alpha value is -3.36. The Bertz CT molecular complexity index is 1410. The maximum atomic E-state index is 13.6. The Labute approximate surface area is 197 Å². The van der Waals surface area contributed by atoms with Crippen molar-refractivity contribution < 1.29 is 18.3 Å². The van der Waals surface area contributed by atoms with Gasteiger partial charge in [0.25, 0.3) is 10.0 Å². The van der Waals surface area contributed by atoms with Crippen molar-refractivity contribution in [3.05, 3.63) is 102 Å². The van der Waals surface area contributed by atoms with Crippen molar-refractivity contribution in [3.63, 3.8) is 0 Å². The van der Waals surface area contributed by atoms with Gasteiger partial charge in [0.05, 0.1) is 33.1 Å². The number of sulfonamides is 1. The number of aryl methyl sites for hydroxylation is 1. The maximum absolute atomic E-state index is 13.6. The molecule has 0 amide bonds. The van der Waals surface area contributed by atoms with Crippen molar-refractivity contribution in [1.29, 1.82) is 0 Å². The molecule has 4 aromatic rings. The highest BCUT2D eigenvalue weighted by Crippen LogP contribution is 2.33. The maximum Gasteiger partial charge on any atom is 0.336 e. The number of hydrogen-bond acceptors (Lipinski definition) is 5.